The van der Waals surface area contributed by atoms with Crippen molar-refractivity contribution < 1.29 is 5.82 Å². The molecule has 1 heteroatoms. The molecular formula is C40H65F. The summed E-state index contributed by atoms with van der Waals surface area (Å²) in [5.74, 6) is 3.81. The molecule has 0 spiro atoms. The van der Waals surface area contributed by atoms with Gasteiger partial charge in [-0.25, -0.2) is 4.39 Å². The van der Waals surface area contributed by atoms with E-state index in [1.807, 2.05) is 13.0 Å². The van der Waals surface area contributed by atoms with Crippen LogP contribution < -0.4 is 0 Å². The van der Waals surface area contributed by atoms with E-state index < -0.39 is 0 Å². The lowest BCUT2D eigenvalue weighted by Gasteiger charge is -2.22. The van der Waals surface area contributed by atoms with Crippen molar-refractivity contribution in [3.05, 3.63) is 93.8 Å². The van der Waals surface area contributed by atoms with Crippen LogP contribution in [0.4, 0.5) is 4.39 Å². The number of benzene rings is 2. The number of allylic oxidation sites excluding steroid dienone is 4. The summed E-state index contributed by atoms with van der Waals surface area (Å²) in [6.45, 7) is 21.7. The smallest absolute Gasteiger partial charge is 0.126 e. The second-order valence-corrected chi connectivity index (χ2v) is 13.6. The topological polar surface area (TPSA) is 0 Å². The fraction of sp³-hybridized carbons (Fsp3) is 0.600. The summed E-state index contributed by atoms with van der Waals surface area (Å²) in [5, 5.41) is 0. The molecule has 0 aliphatic heterocycles. The van der Waals surface area contributed by atoms with E-state index in [9.17, 15) is 4.39 Å². The molecular weight excluding hydrogens is 499 g/mol. The Labute approximate surface area is 256 Å². The van der Waals surface area contributed by atoms with Crippen LogP contribution in [-0.4, -0.2) is 0 Å². The van der Waals surface area contributed by atoms with E-state index in [-0.39, 0.29) is 7.24 Å². The summed E-state index contributed by atoms with van der Waals surface area (Å²) >= 11 is 0. The van der Waals surface area contributed by atoms with Crippen LogP contribution in [0.5, 0.6) is 0 Å². The summed E-state index contributed by atoms with van der Waals surface area (Å²) in [7, 11) is 0. The number of halogens is 1. The summed E-state index contributed by atoms with van der Waals surface area (Å²) < 4.78 is 12.6. The highest BCUT2D eigenvalue weighted by Crippen LogP contribution is 2.27. The number of hydrogen-bond donors (Lipinski definition) is 0. The normalized spacial score (nSPS) is 23.3. The van der Waals surface area contributed by atoms with E-state index in [0.717, 1.165) is 29.2 Å². The Morgan fingerprint density at radius 1 is 0.512 bits per heavy atom. The molecule has 2 aromatic carbocycles. The molecule has 0 radical (unpaired) electrons. The van der Waals surface area contributed by atoms with E-state index in [1.165, 1.54) is 81.4 Å². The largest absolute Gasteiger partial charge is 0.207 e. The Hall–Kier alpha value is -2.15. The molecule has 5 rings (SSSR count). The van der Waals surface area contributed by atoms with Gasteiger partial charge in [-0.05, 0) is 121 Å². The molecule has 1 fully saturated rings. The summed E-state index contributed by atoms with van der Waals surface area (Å²) in [4.78, 5) is 0. The van der Waals surface area contributed by atoms with Crippen LogP contribution in [0.15, 0.2) is 65.8 Å². The van der Waals surface area contributed by atoms with Crippen LogP contribution in [0, 0.1) is 57.2 Å². The molecule has 0 N–H and O–H groups in total. The third kappa shape index (κ3) is 18.8. The molecule has 0 saturated heterocycles. The van der Waals surface area contributed by atoms with Crippen molar-refractivity contribution in [2.45, 2.75) is 133 Å². The van der Waals surface area contributed by atoms with E-state index in [2.05, 4.69) is 91.8 Å². The molecule has 0 heterocycles. The molecule has 3 aliphatic rings. The van der Waals surface area contributed by atoms with Crippen molar-refractivity contribution in [3.8, 4) is 0 Å². The monoisotopic (exact) mass is 565 g/mol. The van der Waals surface area contributed by atoms with Gasteiger partial charge in [0, 0.05) is 1.43 Å². The average molecular weight is 565 g/mol. The molecule has 2 aromatic rings. The summed E-state index contributed by atoms with van der Waals surface area (Å²) in [6, 6.07) is 13.7. The van der Waals surface area contributed by atoms with Gasteiger partial charge in [-0.2, -0.15) is 0 Å². The van der Waals surface area contributed by atoms with Gasteiger partial charge in [-0.1, -0.05) is 124 Å². The summed E-state index contributed by atoms with van der Waals surface area (Å²) in [6.07, 6.45) is 18.7. The second-order valence-electron chi connectivity index (χ2n) is 13.6. The zero-order chi connectivity index (χ0) is 30.8. The minimum Gasteiger partial charge on any atom is -0.207 e. The van der Waals surface area contributed by atoms with E-state index in [4.69, 9.17) is 0 Å². The molecule has 2 unspecified atom stereocenters. The van der Waals surface area contributed by atoms with E-state index >= 15 is 0 Å². The zero-order valence-corrected chi connectivity index (χ0v) is 28.5. The maximum atomic E-state index is 12.6. The molecule has 3 aliphatic carbocycles. The van der Waals surface area contributed by atoms with Crippen molar-refractivity contribution in [1.29, 1.82) is 0 Å². The fourth-order valence-corrected chi connectivity index (χ4v) is 4.95. The van der Waals surface area contributed by atoms with Crippen LogP contribution in [0.3, 0.4) is 0 Å². The first-order chi connectivity index (χ1) is 19.3. The molecule has 0 amide bonds. The van der Waals surface area contributed by atoms with Gasteiger partial charge in [0.25, 0.3) is 0 Å². The number of aryl methyl sites for hydroxylation is 4. The molecule has 1 saturated carbocycles. The van der Waals surface area contributed by atoms with Gasteiger partial charge in [-0.3, -0.25) is 0 Å². The van der Waals surface area contributed by atoms with Crippen LogP contribution in [0.1, 0.15) is 129 Å². The van der Waals surface area contributed by atoms with Gasteiger partial charge in [0.05, 0.1) is 0 Å². The highest BCUT2D eigenvalue weighted by molar-refractivity contribution is 5.21. The second kappa shape index (κ2) is 20.7. The lowest BCUT2D eigenvalue weighted by Crippen LogP contribution is -2.08. The summed E-state index contributed by atoms with van der Waals surface area (Å²) in [5.41, 5.74) is 7.51. The van der Waals surface area contributed by atoms with Crippen molar-refractivity contribution in [1.82, 2.24) is 0 Å². The maximum Gasteiger partial charge on any atom is 0.126 e. The van der Waals surface area contributed by atoms with Gasteiger partial charge in [0.15, 0.2) is 0 Å². The first-order valence-corrected chi connectivity index (χ1v) is 16.4. The highest BCUT2D eigenvalue weighted by atomic mass is 19.1. The Balaban J connectivity index is 0.000000498. The third-order valence-corrected chi connectivity index (χ3v) is 8.65. The van der Waals surface area contributed by atoms with Crippen LogP contribution in [-0.2, 0) is 0 Å². The van der Waals surface area contributed by atoms with E-state index in [1.54, 1.807) is 24.1 Å². The van der Waals surface area contributed by atoms with Crippen molar-refractivity contribution in [2.24, 2.45) is 23.7 Å². The predicted molar refractivity (Wildman–Crippen MR) is 184 cm³/mol. The maximum absolute atomic E-state index is 12.6. The Kier molecular flexibility index (Phi) is 18.6. The van der Waals surface area contributed by atoms with Crippen molar-refractivity contribution >= 4 is 0 Å². The number of hydrogen-bond acceptors (Lipinski definition) is 0. The van der Waals surface area contributed by atoms with Crippen molar-refractivity contribution in [3.63, 3.8) is 0 Å². The van der Waals surface area contributed by atoms with Gasteiger partial charge in [0.1, 0.15) is 5.82 Å². The highest BCUT2D eigenvalue weighted by Gasteiger charge is 2.13. The molecule has 41 heavy (non-hydrogen) atoms. The zero-order valence-electron chi connectivity index (χ0n) is 28.5. The minimum atomic E-state index is -0.116. The third-order valence-electron chi connectivity index (χ3n) is 8.65. The first kappa shape index (κ1) is 36.9. The van der Waals surface area contributed by atoms with Gasteiger partial charge < -0.3 is 0 Å². The fourth-order valence-electron chi connectivity index (χ4n) is 4.95. The molecule has 0 nitrogen and oxygen atoms in total. The Morgan fingerprint density at radius 3 is 1.15 bits per heavy atom. The molecule has 0 aromatic heterocycles. The average Bonchev–Trinajstić information content (AvgIpc) is 2.94. The Morgan fingerprint density at radius 2 is 0.878 bits per heavy atom. The van der Waals surface area contributed by atoms with Gasteiger partial charge >= 0.3 is 0 Å². The number of rotatable bonds is 0. The predicted octanol–water partition coefficient (Wildman–Crippen LogP) is 13.3. The molecule has 0 bridgehead atoms. The molecule has 2 atom stereocenters. The van der Waals surface area contributed by atoms with Gasteiger partial charge in [0.2, 0.25) is 0 Å². The van der Waals surface area contributed by atoms with Gasteiger partial charge in [-0.15, -0.1) is 0 Å². The van der Waals surface area contributed by atoms with Crippen LogP contribution >= 0.6 is 0 Å². The lowest BCUT2D eigenvalue weighted by molar-refractivity contribution is 0.308. The Bertz CT molecular complexity index is 965. The minimum absolute atomic E-state index is 0. The van der Waals surface area contributed by atoms with Crippen molar-refractivity contribution in [2.75, 3.05) is 0 Å². The van der Waals surface area contributed by atoms with Crippen LogP contribution in [0.2, 0.25) is 0 Å². The lowest BCUT2D eigenvalue weighted by atomic mass is 9.84. The quantitative estimate of drug-likeness (QED) is 0.279. The molecule has 232 valence electrons. The SMILES string of the molecule is CC1=CCC(C)CC1.CC1=CCC(C)CC1.CC1CCC(C)CC1.Cc1ccc(C)c(F)c1.Cc1ccc(C)cc1.[HH]. The van der Waals surface area contributed by atoms with E-state index in [0.29, 0.717) is 5.56 Å². The first-order valence-electron chi connectivity index (χ1n) is 16.4. The van der Waals surface area contributed by atoms with Crippen LogP contribution in [0.25, 0.3) is 0 Å². The standard InChI is InChI=1S/C8H9F.C8H16.2C8H14.C8H10.H2/c1-6-3-4-7(2)8(9)5-6;4*1-7-3-5-8(2)6-4-7;/h3-5H,1-2H3;7-8H,3-6H2,1-2H3;2*3,8H,4-6H2,1-2H3;3-6H,1-2H3;1H.